The zero-order chi connectivity index (χ0) is 15.0. The first-order chi connectivity index (χ1) is 9.26. The number of nitrogens with two attached hydrogens (primary N) is 1. The largest absolute Gasteiger partial charge is 0.398 e. The summed E-state index contributed by atoms with van der Waals surface area (Å²) >= 11 is 0. The molecule has 2 rings (SSSR count). The summed E-state index contributed by atoms with van der Waals surface area (Å²) in [4.78, 5) is -0.602. The third-order valence-electron chi connectivity index (χ3n) is 3.49. The van der Waals surface area contributed by atoms with Crippen molar-refractivity contribution < 1.29 is 22.7 Å². The van der Waals surface area contributed by atoms with E-state index in [0.29, 0.717) is 13.0 Å². The standard InChI is InChI=1S/C12H17FN2O4S/c1-8-12(16,5-6-19-8)7-15-20(17,18)11-9(13)3-2-4-10(11)14/h2-4,8,15-16H,5-7,14H2,1H3. The lowest BCUT2D eigenvalue weighted by Gasteiger charge is -2.26. The van der Waals surface area contributed by atoms with Crippen LogP contribution in [0.15, 0.2) is 23.1 Å². The normalized spacial score (nSPS) is 26.9. The maximum Gasteiger partial charge on any atom is 0.245 e. The van der Waals surface area contributed by atoms with Gasteiger partial charge in [0.1, 0.15) is 16.3 Å². The van der Waals surface area contributed by atoms with Crippen LogP contribution in [0.2, 0.25) is 0 Å². The quantitative estimate of drug-likeness (QED) is 0.691. The number of nitrogens with one attached hydrogen (secondary N) is 1. The smallest absolute Gasteiger partial charge is 0.245 e. The van der Waals surface area contributed by atoms with Gasteiger partial charge in [-0.2, -0.15) is 0 Å². The molecule has 8 heteroatoms. The summed E-state index contributed by atoms with van der Waals surface area (Å²) in [7, 11) is -4.14. The average Bonchev–Trinajstić information content (AvgIpc) is 2.68. The number of benzene rings is 1. The third kappa shape index (κ3) is 2.78. The van der Waals surface area contributed by atoms with E-state index in [0.717, 1.165) is 6.07 Å². The summed E-state index contributed by atoms with van der Waals surface area (Å²) in [6.07, 6.45) is -0.188. The van der Waals surface area contributed by atoms with Crippen LogP contribution < -0.4 is 10.5 Å². The van der Waals surface area contributed by atoms with Gasteiger partial charge in [0.15, 0.2) is 0 Å². The summed E-state index contributed by atoms with van der Waals surface area (Å²) in [5.41, 5.74) is 4.03. The lowest BCUT2D eigenvalue weighted by molar-refractivity contribution is -0.0228. The summed E-state index contributed by atoms with van der Waals surface area (Å²) in [6.45, 7) is 1.74. The molecule has 0 spiro atoms. The average molecular weight is 304 g/mol. The Balaban J connectivity index is 2.20. The van der Waals surface area contributed by atoms with E-state index in [-0.39, 0.29) is 12.2 Å². The van der Waals surface area contributed by atoms with Crippen molar-refractivity contribution in [2.75, 3.05) is 18.9 Å². The molecule has 0 aromatic heterocycles. The minimum absolute atomic E-state index is 0.180. The Bertz CT molecular complexity index is 587. The second-order valence-corrected chi connectivity index (χ2v) is 6.55. The molecule has 0 amide bonds. The molecular formula is C12H17FN2O4S. The van der Waals surface area contributed by atoms with E-state index in [1.807, 2.05) is 0 Å². The maximum atomic E-state index is 13.6. The zero-order valence-electron chi connectivity index (χ0n) is 11.0. The number of sulfonamides is 1. The van der Waals surface area contributed by atoms with E-state index in [2.05, 4.69) is 4.72 Å². The van der Waals surface area contributed by atoms with Crippen LogP contribution in [-0.2, 0) is 14.8 Å². The number of aliphatic hydroxyl groups is 1. The molecule has 1 fully saturated rings. The van der Waals surface area contributed by atoms with Crippen molar-refractivity contribution in [2.24, 2.45) is 0 Å². The molecule has 1 aliphatic rings. The Morgan fingerprint density at radius 2 is 2.30 bits per heavy atom. The molecule has 1 aromatic rings. The number of ether oxygens (including phenoxy) is 1. The number of anilines is 1. The molecule has 2 unspecified atom stereocenters. The van der Waals surface area contributed by atoms with Crippen molar-refractivity contribution in [3.8, 4) is 0 Å². The summed E-state index contributed by atoms with van der Waals surface area (Å²) in [6, 6.07) is 3.64. The van der Waals surface area contributed by atoms with Gasteiger partial charge < -0.3 is 15.6 Å². The molecule has 112 valence electrons. The van der Waals surface area contributed by atoms with E-state index in [4.69, 9.17) is 10.5 Å². The van der Waals surface area contributed by atoms with Gasteiger partial charge >= 0.3 is 0 Å². The summed E-state index contributed by atoms with van der Waals surface area (Å²) in [5, 5.41) is 10.2. The molecule has 1 saturated heterocycles. The Labute approximate surface area is 116 Å². The van der Waals surface area contributed by atoms with Gasteiger partial charge in [0.25, 0.3) is 0 Å². The van der Waals surface area contributed by atoms with Crippen LogP contribution in [0.5, 0.6) is 0 Å². The predicted octanol–water partition coefficient (Wildman–Crippen LogP) is 0.226. The molecule has 0 saturated carbocycles. The van der Waals surface area contributed by atoms with Crippen molar-refractivity contribution >= 4 is 15.7 Å². The molecule has 6 nitrogen and oxygen atoms in total. The summed E-state index contributed by atoms with van der Waals surface area (Å²) in [5.74, 6) is -0.930. The Morgan fingerprint density at radius 3 is 2.85 bits per heavy atom. The van der Waals surface area contributed by atoms with Crippen LogP contribution in [-0.4, -0.2) is 38.4 Å². The zero-order valence-corrected chi connectivity index (χ0v) is 11.8. The molecular weight excluding hydrogens is 287 g/mol. The molecule has 0 bridgehead atoms. The van der Waals surface area contributed by atoms with Crippen molar-refractivity contribution in [2.45, 2.75) is 29.9 Å². The minimum Gasteiger partial charge on any atom is -0.398 e. The van der Waals surface area contributed by atoms with E-state index in [9.17, 15) is 17.9 Å². The van der Waals surface area contributed by atoms with E-state index >= 15 is 0 Å². The Morgan fingerprint density at radius 1 is 1.60 bits per heavy atom. The highest BCUT2D eigenvalue weighted by Crippen LogP contribution is 2.26. The molecule has 2 atom stereocenters. The highest BCUT2D eigenvalue weighted by atomic mass is 32.2. The fourth-order valence-electron chi connectivity index (χ4n) is 2.10. The molecule has 0 radical (unpaired) electrons. The SMILES string of the molecule is CC1OCCC1(O)CNS(=O)(=O)c1c(N)cccc1F. The first-order valence-electron chi connectivity index (χ1n) is 6.14. The van der Waals surface area contributed by atoms with Gasteiger partial charge in [0.05, 0.1) is 11.8 Å². The van der Waals surface area contributed by atoms with Crippen LogP contribution in [0, 0.1) is 5.82 Å². The van der Waals surface area contributed by atoms with Gasteiger partial charge in [-0.3, -0.25) is 0 Å². The fourth-order valence-corrected chi connectivity index (χ4v) is 3.39. The second kappa shape index (κ2) is 5.28. The highest BCUT2D eigenvalue weighted by Gasteiger charge is 2.40. The molecule has 20 heavy (non-hydrogen) atoms. The number of hydrogen-bond acceptors (Lipinski definition) is 5. The van der Waals surface area contributed by atoms with Gasteiger partial charge in [-0.1, -0.05) is 6.07 Å². The monoisotopic (exact) mass is 304 g/mol. The third-order valence-corrected chi connectivity index (χ3v) is 4.99. The van der Waals surface area contributed by atoms with Crippen LogP contribution >= 0.6 is 0 Å². The minimum atomic E-state index is -4.14. The molecule has 0 aliphatic carbocycles. The van der Waals surface area contributed by atoms with Gasteiger partial charge in [0, 0.05) is 19.6 Å². The topological polar surface area (TPSA) is 102 Å². The van der Waals surface area contributed by atoms with Crippen LogP contribution in [0.25, 0.3) is 0 Å². The lowest BCUT2D eigenvalue weighted by atomic mass is 9.97. The number of rotatable bonds is 4. The second-order valence-electron chi connectivity index (χ2n) is 4.85. The first kappa shape index (κ1) is 15.2. The van der Waals surface area contributed by atoms with Gasteiger partial charge in [0.2, 0.25) is 10.0 Å². The van der Waals surface area contributed by atoms with E-state index < -0.39 is 32.4 Å². The molecule has 1 aromatic carbocycles. The van der Waals surface area contributed by atoms with Crippen molar-refractivity contribution in [1.29, 1.82) is 0 Å². The van der Waals surface area contributed by atoms with Crippen molar-refractivity contribution in [3.63, 3.8) is 0 Å². The van der Waals surface area contributed by atoms with Gasteiger partial charge in [-0.05, 0) is 19.1 Å². The molecule has 1 aliphatic heterocycles. The van der Waals surface area contributed by atoms with Crippen LogP contribution in [0.1, 0.15) is 13.3 Å². The summed E-state index contributed by atoms with van der Waals surface area (Å²) < 4.78 is 45.2. The number of hydrogen-bond donors (Lipinski definition) is 3. The lowest BCUT2D eigenvalue weighted by Crippen LogP contribution is -2.47. The van der Waals surface area contributed by atoms with Gasteiger partial charge in [-0.25, -0.2) is 17.5 Å². The highest BCUT2D eigenvalue weighted by molar-refractivity contribution is 7.89. The predicted molar refractivity (Wildman–Crippen MR) is 71.0 cm³/mol. The van der Waals surface area contributed by atoms with Gasteiger partial charge in [-0.15, -0.1) is 0 Å². The Hall–Kier alpha value is -1.22. The molecule has 4 N–H and O–H groups in total. The number of nitrogen functional groups attached to an aromatic ring is 1. The van der Waals surface area contributed by atoms with Crippen LogP contribution in [0.3, 0.4) is 0 Å². The first-order valence-corrected chi connectivity index (χ1v) is 7.62. The molecule has 1 heterocycles. The van der Waals surface area contributed by atoms with Crippen LogP contribution in [0.4, 0.5) is 10.1 Å². The van der Waals surface area contributed by atoms with Crippen molar-refractivity contribution in [1.82, 2.24) is 4.72 Å². The van der Waals surface area contributed by atoms with E-state index in [1.54, 1.807) is 6.92 Å². The van der Waals surface area contributed by atoms with E-state index in [1.165, 1.54) is 12.1 Å². The fraction of sp³-hybridized carbons (Fsp3) is 0.500. The Kier molecular flexibility index (Phi) is 4.01. The number of halogens is 1. The maximum absolute atomic E-state index is 13.6. The van der Waals surface area contributed by atoms with Crippen molar-refractivity contribution in [3.05, 3.63) is 24.0 Å².